The van der Waals surface area contributed by atoms with Crippen LogP contribution in [0.2, 0.25) is 0 Å². The van der Waals surface area contributed by atoms with Crippen LogP contribution in [0.1, 0.15) is 730 Å². The van der Waals surface area contributed by atoms with Crippen molar-refractivity contribution in [2.75, 3.05) is 118 Å². The van der Waals surface area contributed by atoms with Crippen LogP contribution in [0.15, 0.2) is 24.3 Å². The highest BCUT2D eigenvalue weighted by molar-refractivity contribution is 4.83. The highest BCUT2D eigenvalue weighted by atomic mass is 15.1. The zero-order valence-corrected chi connectivity index (χ0v) is 102. The highest BCUT2D eigenvalue weighted by Crippen LogP contribution is 2.23. The van der Waals surface area contributed by atoms with Crippen molar-refractivity contribution in [2.24, 2.45) is 22.9 Å². The van der Waals surface area contributed by atoms with E-state index in [9.17, 15) is 0 Å². The molecule has 0 aliphatic carbocycles. The standard InChI is InChI=1S/C42H85N3.C35H74N2.C31H66N2.C27H58N2/c1-3-5-7-9-11-13-15-17-19-21-23-25-27-29-31-33-40-45(42-36-39-44-38-35-37-43)41-34-32-30-28-26-24-22-20-18-16-14-12-10-8-6-4-2;1-3-5-7-9-11-13-15-17-19-21-23-25-27-29-33-37(35-31-32-36)34-30-28-26-24-22-20-18-16-14-12-10-8-6-4-2;1-3-5-7-9-11-13-15-17-19-21-23-25-29-33(31-27-28-32)30-26-24-22-20-18-16-14-12-10-8-6-4-2;1-3-5-7-9-11-13-15-17-19-21-25-29(27-23-24-28)26-22-20-18-16-14-12-10-8-6-4-2/h17,19-20,22,44H,3-16,18,21,23-43H2,1-2H3;3-36H2,1-2H3;3-32H2,1-2H3;3-28H2,1-2H3/b19-17-,22-20-;;;. The lowest BCUT2D eigenvalue weighted by molar-refractivity contribution is 0.256. The smallest absolute Gasteiger partial charge is 0.000664 e. The van der Waals surface area contributed by atoms with Gasteiger partial charge in [-0.3, -0.25) is 0 Å². The van der Waals surface area contributed by atoms with Gasteiger partial charge >= 0.3 is 0 Å². The lowest BCUT2D eigenvalue weighted by Gasteiger charge is -2.22. The van der Waals surface area contributed by atoms with E-state index in [2.05, 4.69) is 105 Å². The molecule has 0 rings (SSSR count). The molecule has 0 bridgehead atoms. The molecule has 0 saturated carbocycles. The summed E-state index contributed by atoms with van der Waals surface area (Å²) in [6, 6.07) is 0. The van der Waals surface area contributed by atoms with Crippen LogP contribution in [0.5, 0.6) is 0 Å². The lowest BCUT2D eigenvalue weighted by Crippen LogP contribution is -2.30. The summed E-state index contributed by atoms with van der Waals surface area (Å²) in [5, 5.41) is 3.57. The van der Waals surface area contributed by atoms with E-state index in [1.807, 2.05) is 0 Å². The third-order valence-corrected chi connectivity index (χ3v) is 31.4. The van der Waals surface area contributed by atoms with Gasteiger partial charge in [0.2, 0.25) is 0 Å². The molecule has 144 heavy (non-hydrogen) atoms. The summed E-state index contributed by atoms with van der Waals surface area (Å²) in [7, 11) is 0. The molecule has 0 unspecified atom stereocenters. The Morgan fingerprint density at radius 2 is 0.222 bits per heavy atom. The first kappa shape index (κ1) is 149. The van der Waals surface area contributed by atoms with Gasteiger partial charge in [-0.1, -0.05) is 619 Å². The Morgan fingerprint density at radius 1 is 0.118 bits per heavy atom. The maximum absolute atomic E-state index is 5.81. The molecular formula is C135H283N9. The molecule has 0 amide bonds. The maximum Gasteiger partial charge on any atom is -0.000664 e. The van der Waals surface area contributed by atoms with Crippen molar-refractivity contribution in [3.05, 3.63) is 24.3 Å². The second-order valence-electron chi connectivity index (χ2n) is 46.2. The minimum Gasteiger partial charge on any atom is -0.330 e. The molecule has 9 N–H and O–H groups in total. The van der Waals surface area contributed by atoms with Crippen molar-refractivity contribution >= 4 is 0 Å². The quantitative estimate of drug-likeness (QED) is 0.0299. The number of rotatable bonds is 126. The largest absolute Gasteiger partial charge is 0.330 e. The Balaban J connectivity index is -0.000000919. The van der Waals surface area contributed by atoms with Crippen LogP contribution in [0.3, 0.4) is 0 Å². The number of nitrogens with zero attached hydrogens (tertiary/aromatic N) is 4. The molecule has 0 aromatic rings. The van der Waals surface area contributed by atoms with Gasteiger partial charge in [-0.25, -0.2) is 0 Å². The van der Waals surface area contributed by atoms with E-state index >= 15 is 0 Å². The van der Waals surface area contributed by atoms with E-state index in [0.29, 0.717) is 0 Å². The fourth-order valence-electron chi connectivity index (χ4n) is 21.3. The molecule has 0 aromatic carbocycles. The predicted molar refractivity (Wildman–Crippen MR) is 663 cm³/mol. The van der Waals surface area contributed by atoms with Crippen molar-refractivity contribution in [1.29, 1.82) is 0 Å². The molecule has 0 heterocycles. The first-order valence-corrected chi connectivity index (χ1v) is 68.1. The topological polar surface area (TPSA) is 129 Å². The van der Waals surface area contributed by atoms with Gasteiger partial charge in [0.1, 0.15) is 0 Å². The normalized spacial score (nSPS) is 11.8. The number of nitrogens with two attached hydrogens (primary N) is 4. The highest BCUT2D eigenvalue weighted by Gasteiger charge is 2.12. The Hall–Kier alpha value is -0.880. The molecule has 0 aromatic heterocycles. The number of nitrogens with one attached hydrogen (secondary N) is 1. The summed E-state index contributed by atoms with van der Waals surface area (Å²) >= 11 is 0. The zero-order chi connectivity index (χ0) is 105. The molecule has 9 nitrogen and oxygen atoms in total. The second-order valence-corrected chi connectivity index (χ2v) is 46.2. The Morgan fingerprint density at radius 3 is 0.354 bits per heavy atom. The van der Waals surface area contributed by atoms with Gasteiger partial charge in [0.15, 0.2) is 0 Å². The molecule has 0 radical (unpaired) electrons. The fourth-order valence-corrected chi connectivity index (χ4v) is 21.3. The average molecular weight is 2030 g/mol. The number of hydrogen-bond acceptors (Lipinski definition) is 9. The van der Waals surface area contributed by atoms with Crippen LogP contribution in [-0.4, -0.2) is 137 Å². The van der Waals surface area contributed by atoms with E-state index in [0.717, 1.165) is 65.0 Å². The first-order valence-electron chi connectivity index (χ1n) is 68.1. The van der Waals surface area contributed by atoms with E-state index < -0.39 is 0 Å². The molecule has 0 fully saturated rings. The van der Waals surface area contributed by atoms with E-state index in [-0.39, 0.29) is 0 Å². The maximum atomic E-state index is 5.81. The predicted octanol–water partition coefficient (Wildman–Crippen LogP) is 42.8. The van der Waals surface area contributed by atoms with Gasteiger partial charge in [0, 0.05) is 0 Å². The van der Waals surface area contributed by atoms with Crippen LogP contribution in [0.4, 0.5) is 0 Å². The Kier molecular flexibility index (Phi) is 152. The Labute approximate surface area is 913 Å². The third kappa shape index (κ3) is 143. The van der Waals surface area contributed by atoms with Gasteiger partial charge in [0.05, 0.1) is 0 Å². The summed E-state index contributed by atoms with van der Waals surface area (Å²) in [5.41, 5.74) is 23.0. The van der Waals surface area contributed by atoms with E-state index in [1.54, 1.807) is 0 Å². The molecule has 0 spiro atoms. The third-order valence-electron chi connectivity index (χ3n) is 31.4. The van der Waals surface area contributed by atoms with Crippen molar-refractivity contribution in [3.63, 3.8) is 0 Å². The number of hydrogen-bond donors (Lipinski definition) is 5. The molecule has 0 atom stereocenters. The monoisotopic (exact) mass is 2030 g/mol. The molecular weight excluding hydrogens is 1750 g/mol. The van der Waals surface area contributed by atoms with Crippen LogP contribution in [0, 0.1) is 0 Å². The van der Waals surface area contributed by atoms with Crippen LogP contribution >= 0.6 is 0 Å². The summed E-state index contributed by atoms with van der Waals surface area (Å²) < 4.78 is 0. The second kappa shape index (κ2) is 146. The van der Waals surface area contributed by atoms with Crippen LogP contribution in [0.25, 0.3) is 0 Å². The summed E-state index contributed by atoms with van der Waals surface area (Å²) in [4.78, 5) is 10.9. The fraction of sp³-hybridized carbons (Fsp3) is 0.970. The lowest BCUT2D eigenvalue weighted by atomic mass is 10.0. The van der Waals surface area contributed by atoms with Gasteiger partial charge in [-0.2, -0.15) is 0 Å². The van der Waals surface area contributed by atoms with Crippen molar-refractivity contribution in [3.8, 4) is 0 Å². The summed E-state index contributed by atoms with van der Waals surface area (Å²) in [6.07, 6.45) is 158. The zero-order valence-electron chi connectivity index (χ0n) is 102. The SMILES string of the molecule is CCCCCCCC/C=C\CCCCCCCCN(CCCCCCC/C=C\CCCCCCCCC)CCCNCCCN.CCCCCCCCCCCCCCCCN(CCCN)CCCCCCCCCCCCCCCC.CCCCCCCCCCCCCCN(CCCN)CCCCCCCCCCCCCC.CCCCCCCCCCCCN(CCCN)CCCCCCCCCCCC. The number of unbranched alkanes of at least 4 members (excludes halogenated alkanes) is 90. The first-order chi connectivity index (χ1) is 71.4. The van der Waals surface area contributed by atoms with Crippen LogP contribution in [-0.2, 0) is 0 Å². The minimum atomic E-state index is 0.796. The van der Waals surface area contributed by atoms with Crippen molar-refractivity contribution < 1.29 is 0 Å². The van der Waals surface area contributed by atoms with Crippen molar-refractivity contribution in [2.45, 2.75) is 730 Å². The number of allylic oxidation sites excluding steroid dienone is 4. The molecule has 0 aliphatic heterocycles. The molecule has 9 heteroatoms. The molecule has 0 aliphatic rings. The average Bonchev–Trinajstić information content (AvgIpc) is 1.01. The summed E-state index contributed by atoms with van der Waals surface area (Å²) in [6.45, 7) is 39.2. The van der Waals surface area contributed by atoms with Gasteiger partial charge in [0.25, 0.3) is 0 Å². The van der Waals surface area contributed by atoms with Gasteiger partial charge in [-0.15, -0.1) is 0 Å². The molecule has 0 saturated heterocycles. The minimum absolute atomic E-state index is 0.796. The summed E-state index contributed by atoms with van der Waals surface area (Å²) in [5.74, 6) is 0. The molecule has 868 valence electrons. The Bertz CT molecular complexity index is 2060. The van der Waals surface area contributed by atoms with Gasteiger partial charge < -0.3 is 47.9 Å². The van der Waals surface area contributed by atoms with Crippen LogP contribution < -0.4 is 28.3 Å². The van der Waals surface area contributed by atoms with E-state index in [4.69, 9.17) is 22.9 Å². The van der Waals surface area contributed by atoms with Crippen molar-refractivity contribution in [1.82, 2.24) is 24.9 Å². The van der Waals surface area contributed by atoms with Gasteiger partial charge in [-0.05, 0) is 253 Å². The van der Waals surface area contributed by atoms with E-state index in [1.165, 1.54) is 727 Å².